The summed E-state index contributed by atoms with van der Waals surface area (Å²) in [6.45, 7) is 11.8. The largest absolute Gasteiger partial charge is 0.479 e. The Morgan fingerprint density at radius 2 is 1.86 bits per heavy atom. The molecule has 0 saturated heterocycles. The summed E-state index contributed by atoms with van der Waals surface area (Å²) in [6.07, 6.45) is 0.804. The van der Waals surface area contributed by atoms with Crippen molar-refractivity contribution in [3.05, 3.63) is 70.8 Å². The average Bonchev–Trinajstić information content (AvgIpc) is 3.53. The Bertz CT molecular complexity index is 1270. The van der Waals surface area contributed by atoms with Crippen molar-refractivity contribution < 1.29 is 24.2 Å². The molecular weight excluding hydrogens is 492 g/mol. The molecular formula is C29H33ClN2O5. The predicted molar refractivity (Wildman–Crippen MR) is 142 cm³/mol. The molecule has 0 bridgehead atoms. The number of rotatable bonds is 7. The molecule has 3 atom stereocenters. The summed E-state index contributed by atoms with van der Waals surface area (Å²) in [4.78, 5) is 40.6. The number of carboxylic acids is 1. The van der Waals surface area contributed by atoms with Crippen LogP contribution in [0.1, 0.15) is 51.7 Å². The number of nitrogens with one attached hydrogen (secondary N) is 1. The zero-order valence-corrected chi connectivity index (χ0v) is 22.4. The van der Waals surface area contributed by atoms with E-state index in [1.54, 1.807) is 36.1 Å². The minimum absolute atomic E-state index is 0.144. The number of hydrogen-bond acceptors (Lipinski definition) is 4. The third-order valence-corrected chi connectivity index (χ3v) is 7.16. The SMILES string of the molecule is C=C(C)C1C[C@]1(NC(=O)C1Cc2cc(Oc3cccc(Cl)c3)ccc2CN1C(=O)CC(C)(C)C)C(=O)O. The van der Waals surface area contributed by atoms with Crippen LogP contribution in [-0.2, 0) is 27.3 Å². The van der Waals surface area contributed by atoms with Gasteiger partial charge in [-0.05, 0) is 60.2 Å². The zero-order chi connectivity index (χ0) is 27.1. The van der Waals surface area contributed by atoms with Gasteiger partial charge >= 0.3 is 5.97 Å². The molecule has 4 rings (SSSR count). The highest BCUT2D eigenvalue weighted by atomic mass is 35.5. The molecule has 2 aliphatic rings. The van der Waals surface area contributed by atoms with Crippen LogP contribution >= 0.6 is 11.6 Å². The maximum Gasteiger partial charge on any atom is 0.330 e. The minimum atomic E-state index is -1.38. The quantitative estimate of drug-likeness (QED) is 0.475. The molecule has 8 heteroatoms. The molecule has 2 aromatic carbocycles. The normalized spacial score (nSPS) is 22.6. The van der Waals surface area contributed by atoms with Gasteiger partial charge in [-0.15, -0.1) is 0 Å². The van der Waals surface area contributed by atoms with Crippen LogP contribution in [-0.4, -0.2) is 39.4 Å². The first-order valence-corrected chi connectivity index (χ1v) is 12.7. The Morgan fingerprint density at radius 1 is 1.16 bits per heavy atom. The molecule has 1 aliphatic carbocycles. The van der Waals surface area contributed by atoms with E-state index in [0.717, 1.165) is 11.1 Å². The fourth-order valence-electron chi connectivity index (χ4n) is 4.93. The Hall–Kier alpha value is -3.32. The van der Waals surface area contributed by atoms with Crippen molar-refractivity contribution in [2.75, 3.05) is 0 Å². The number of carboxylic acid groups (broad SMARTS) is 1. The molecule has 1 heterocycles. The second-order valence-corrected chi connectivity index (χ2v) is 11.8. The monoisotopic (exact) mass is 524 g/mol. The van der Waals surface area contributed by atoms with Gasteiger partial charge in [-0.1, -0.05) is 56.7 Å². The number of benzene rings is 2. The summed E-state index contributed by atoms with van der Waals surface area (Å²) in [5, 5.41) is 13.2. The molecule has 2 unspecified atom stereocenters. The van der Waals surface area contributed by atoms with Gasteiger partial charge in [-0.3, -0.25) is 9.59 Å². The van der Waals surface area contributed by atoms with Gasteiger partial charge in [0.2, 0.25) is 11.8 Å². The summed E-state index contributed by atoms with van der Waals surface area (Å²) < 4.78 is 5.97. The number of carbonyl (C=O) groups is 3. The van der Waals surface area contributed by atoms with E-state index >= 15 is 0 Å². The van der Waals surface area contributed by atoms with Crippen molar-refractivity contribution in [3.63, 3.8) is 0 Å². The lowest BCUT2D eigenvalue weighted by atomic mass is 9.88. The number of nitrogens with zero attached hydrogens (tertiary/aromatic N) is 1. The number of aliphatic carboxylic acids is 1. The first-order valence-electron chi connectivity index (χ1n) is 12.3. The first-order chi connectivity index (χ1) is 17.3. The molecule has 196 valence electrons. The lowest BCUT2D eigenvalue weighted by Crippen LogP contribution is -2.57. The van der Waals surface area contributed by atoms with E-state index < -0.39 is 23.5 Å². The third kappa shape index (κ3) is 5.82. The van der Waals surface area contributed by atoms with E-state index in [1.165, 1.54) is 0 Å². The smallest absolute Gasteiger partial charge is 0.330 e. The summed E-state index contributed by atoms with van der Waals surface area (Å²) in [6, 6.07) is 11.8. The van der Waals surface area contributed by atoms with E-state index in [2.05, 4.69) is 11.9 Å². The van der Waals surface area contributed by atoms with Crippen molar-refractivity contribution in [2.24, 2.45) is 11.3 Å². The van der Waals surface area contributed by atoms with Crippen molar-refractivity contribution in [1.29, 1.82) is 0 Å². The number of ether oxygens (including phenoxy) is 1. The molecule has 7 nitrogen and oxygen atoms in total. The van der Waals surface area contributed by atoms with Gasteiger partial charge in [0.05, 0.1) is 0 Å². The van der Waals surface area contributed by atoms with E-state index in [1.807, 2.05) is 39.0 Å². The molecule has 1 aliphatic heterocycles. The second-order valence-electron chi connectivity index (χ2n) is 11.3. The number of amides is 2. The summed E-state index contributed by atoms with van der Waals surface area (Å²) in [5.41, 5.74) is 0.858. The molecule has 1 saturated carbocycles. The van der Waals surface area contributed by atoms with Gasteiger partial charge in [0, 0.05) is 30.3 Å². The van der Waals surface area contributed by atoms with Crippen molar-refractivity contribution in [3.8, 4) is 11.5 Å². The number of hydrogen-bond donors (Lipinski definition) is 2. The van der Waals surface area contributed by atoms with Crippen LogP contribution in [0.5, 0.6) is 11.5 Å². The lowest BCUT2D eigenvalue weighted by molar-refractivity contribution is -0.147. The summed E-state index contributed by atoms with van der Waals surface area (Å²) >= 11 is 6.07. The van der Waals surface area contributed by atoms with Crippen molar-refractivity contribution in [2.45, 2.75) is 65.1 Å². The second kappa shape index (κ2) is 9.86. The molecule has 0 radical (unpaired) electrons. The highest BCUT2D eigenvalue weighted by Gasteiger charge is 2.62. The maximum absolute atomic E-state index is 13.6. The molecule has 2 amide bonds. The van der Waals surface area contributed by atoms with Gasteiger partial charge in [0.15, 0.2) is 0 Å². The molecule has 0 aromatic heterocycles. The Morgan fingerprint density at radius 3 is 2.46 bits per heavy atom. The molecule has 2 aromatic rings. The van der Waals surface area contributed by atoms with Crippen LogP contribution in [0.15, 0.2) is 54.6 Å². The molecule has 37 heavy (non-hydrogen) atoms. The highest BCUT2D eigenvalue weighted by molar-refractivity contribution is 6.30. The third-order valence-electron chi connectivity index (χ3n) is 6.93. The number of carbonyl (C=O) groups excluding carboxylic acids is 2. The van der Waals surface area contributed by atoms with Crippen LogP contribution < -0.4 is 10.1 Å². The zero-order valence-electron chi connectivity index (χ0n) is 21.6. The molecule has 0 spiro atoms. The van der Waals surface area contributed by atoms with E-state index in [9.17, 15) is 19.5 Å². The Labute approximate surface area is 222 Å². The van der Waals surface area contributed by atoms with E-state index in [4.69, 9.17) is 16.3 Å². The summed E-state index contributed by atoms with van der Waals surface area (Å²) in [7, 11) is 0. The van der Waals surface area contributed by atoms with E-state index in [-0.39, 0.29) is 36.6 Å². The first kappa shape index (κ1) is 26.7. The van der Waals surface area contributed by atoms with E-state index in [0.29, 0.717) is 28.5 Å². The molecule has 2 N–H and O–H groups in total. The standard InChI is InChI=1S/C29H33ClN2O5/c1-17(2)23-14-29(23,27(35)36)31-26(34)24-12-19-11-22(37-21-8-6-7-20(30)13-21)10-9-18(19)16-32(24)25(33)15-28(3,4)5/h6-11,13,23-24H,1,12,14-16H2,2-5H3,(H,31,34)(H,35,36)/t23?,24?,29-/m1/s1. The fraction of sp³-hybridized carbons (Fsp3) is 0.414. The lowest BCUT2D eigenvalue weighted by Gasteiger charge is -2.38. The van der Waals surface area contributed by atoms with Gasteiger partial charge in [-0.2, -0.15) is 0 Å². The predicted octanol–water partition coefficient (Wildman–Crippen LogP) is 5.36. The number of fused-ring (bicyclic) bond motifs is 1. The number of halogens is 1. The Kier molecular flexibility index (Phi) is 7.12. The van der Waals surface area contributed by atoms with Crippen LogP contribution in [0, 0.1) is 11.3 Å². The van der Waals surface area contributed by atoms with Gasteiger partial charge in [-0.25, -0.2) is 4.79 Å². The van der Waals surface area contributed by atoms with Crippen LogP contribution in [0.25, 0.3) is 0 Å². The summed E-state index contributed by atoms with van der Waals surface area (Å²) in [5.74, 6) is -0.867. The minimum Gasteiger partial charge on any atom is -0.479 e. The van der Waals surface area contributed by atoms with Gasteiger partial charge in [0.1, 0.15) is 23.1 Å². The highest BCUT2D eigenvalue weighted by Crippen LogP contribution is 2.48. The average molecular weight is 525 g/mol. The maximum atomic E-state index is 13.6. The van der Waals surface area contributed by atoms with Crippen LogP contribution in [0.2, 0.25) is 5.02 Å². The topological polar surface area (TPSA) is 95.9 Å². The van der Waals surface area contributed by atoms with Crippen molar-refractivity contribution >= 4 is 29.4 Å². The van der Waals surface area contributed by atoms with Crippen LogP contribution in [0.4, 0.5) is 0 Å². The van der Waals surface area contributed by atoms with Gasteiger partial charge in [0.25, 0.3) is 0 Å². The van der Waals surface area contributed by atoms with Crippen molar-refractivity contribution in [1.82, 2.24) is 10.2 Å². The van der Waals surface area contributed by atoms with Gasteiger partial charge < -0.3 is 20.1 Å². The van der Waals surface area contributed by atoms with Crippen LogP contribution in [0.3, 0.4) is 0 Å². The fourth-order valence-corrected chi connectivity index (χ4v) is 5.11. The molecule has 1 fully saturated rings. The Balaban J connectivity index is 1.62.